The van der Waals surface area contributed by atoms with E-state index in [2.05, 4.69) is 22.4 Å². The van der Waals surface area contributed by atoms with Crippen molar-refractivity contribution in [2.24, 2.45) is 0 Å². The number of nitrogens with zero attached hydrogens (tertiary/aromatic N) is 1. The molecule has 0 amide bonds. The van der Waals surface area contributed by atoms with Crippen LogP contribution in [0.2, 0.25) is 0 Å². The molecule has 0 bridgehead atoms. The van der Waals surface area contributed by atoms with Crippen LogP contribution >= 0.6 is 22.9 Å². The van der Waals surface area contributed by atoms with Crippen molar-refractivity contribution in [2.45, 2.75) is 12.3 Å². The van der Waals surface area contributed by atoms with Gasteiger partial charge in [0.1, 0.15) is 5.82 Å². The molecule has 0 aliphatic heterocycles. The van der Waals surface area contributed by atoms with Gasteiger partial charge in [-0.1, -0.05) is 6.07 Å². The Kier molecular flexibility index (Phi) is 4.61. The van der Waals surface area contributed by atoms with Crippen LogP contribution in [0.15, 0.2) is 35.7 Å². The fraction of sp³-hybridized carbons (Fsp3) is 0.286. The molecule has 0 atom stereocenters. The molecule has 18 heavy (non-hydrogen) atoms. The van der Waals surface area contributed by atoms with Crippen molar-refractivity contribution in [3.05, 3.63) is 52.0 Å². The molecule has 96 valence electrons. The summed E-state index contributed by atoms with van der Waals surface area (Å²) in [6, 6.07) is 8.96. The van der Waals surface area contributed by atoms with Crippen molar-refractivity contribution in [3.8, 4) is 0 Å². The van der Waals surface area contributed by atoms with Gasteiger partial charge in [0.25, 0.3) is 0 Å². The molecule has 0 radical (unpaired) electrons. The van der Waals surface area contributed by atoms with E-state index in [9.17, 15) is 4.39 Å². The summed E-state index contributed by atoms with van der Waals surface area (Å²) in [5, 5.41) is 2.08. The lowest BCUT2D eigenvalue weighted by Gasteiger charge is -2.21. The Labute approximate surface area is 116 Å². The lowest BCUT2D eigenvalue weighted by atomic mass is 10.1. The predicted octanol–water partition coefficient (Wildman–Crippen LogP) is 4.30. The van der Waals surface area contributed by atoms with Gasteiger partial charge in [0.2, 0.25) is 0 Å². The quantitative estimate of drug-likeness (QED) is 0.739. The molecule has 1 aromatic carbocycles. The molecular formula is C14H15ClFNS. The first-order chi connectivity index (χ1) is 8.70. The first-order valence-electron chi connectivity index (χ1n) is 5.78. The van der Waals surface area contributed by atoms with Gasteiger partial charge in [0.15, 0.2) is 0 Å². The molecule has 1 nitrogen and oxygen atoms in total. The summed E-state index contributed by atoms with van der Waals surface area (Å²) in [6.45, 7) is 0.899. The van der Waals surface area contributed by atoms with Crippen LogP contribution in [0, 0.1) is 5.82 Å². The number of hydrogen-bond donors (Lipinski definition) is 0. The molecule has 0 N–H and O–H groups in total. The smallest absolute Gasteiger partial charge is 0.123 e. The van der Waals surface area contributed by atoms with Gasteiger partial charge in [-0.05, 0) is 41.6 Å². The van der Waals surface area contributed by atoms with Gasteiger partial charge in [-0.3, -0.25) is 0 Å². The Hall–Kier alpha value is -1.06. The molecule has 0 spiro atoms. The number of halogens is 2. The molecular weight excluding hydrogens is 269 g/mol. The van der Waals surface area contributed by atoms with Crippen molar-refractivity contribution in [1.29, 1.82) is 0 Å². The third-order valence-corrected chi connectivity index (χ3v) is 4.09. The summed E-state index contributed by atoms with van der Waals surface area (Å²) >= 11 is 7.62. The minimum absolute atomic E-state index is 0.235. The monoisotopic (exact) mass is 283 g/mol. The Morgan fingerprint density at radius 3 is 2.83 bits per heavy atom. The highest BCUT2D eigenvalue weighted by atomic mass is 35.5. The highest BCUT2D eigenvalue weighted by Gasteiger charge is 2.08. The minimum Gasteiger partial charge on any atom is -0.374 e. The van der Waals surface area contributed by atoms with Crippen molar-refractivity contribution >= 4 is 28.6 Å². The molecule has 2 aromatic rings. The predicted molar refractivity (Wildman–Crippen MR) is 77.3 cm³/mol. The largest absolute Gasteiger partial charge is 0.374 e. The van der Waals surface area contributed by atoms with Gasteiger partial charge < -0.3 is 4.90 Å². The Bertz CT molecular complexity index is 499. The van der Waals surface area contributed by atoms with Crippen molar-refractivity contribution in [1.82, 2.24) is 0 Å². The Morgan fingerprint density at radius 2 is 2.17 bits per heavy atom. The van der Waals surface area contributed by atoms with Gasteiger partial charge in [-0.15, -0.1) is 22.9 Å². The average molecular weight is 284 g/mol. The van der Waals surface area contributed by atoms with E-state index in [1.807, 2.05) is 7.05 Å². The van der Waals surface area contributed by atoms with E-state index < -0.39 is 0 Å². The SMILES string of the molecule is CN(CCc1cccs1)c1ccc(F)cc1CCl. The van der Waals surface area contributed by atoms with E-state index in [0.717, 1.165) is 24.2 Å². The first-order valence-corrected chi connectivity index (χ1v) is 7.20. The Morgan fingerprint density at radius 1 is 1.33 bits per heavy atom. The number of rotatable bonds is 5. The number of hydrogen-bond acceptors (Lipinski definition) is 2. The second-order valence-corrected chi connectivity index (χ2v) is 5.46. The number of anilines is 1. The highest BCUT2D eigenvalue weighted by Crippen LogP contribution is 2.23. The zero-order valence-electron chi connectivity index (χ0n) is 10.2. The van der Waals surface area contributed by atoms with Crippen molar-refractivity contribution in [2.75, 3.05) is 18.5 Å². The molecule has 0 saturated heterocycles. The van der Waals surface area contributed by atoms with Crippen LogP contribution in [0.4, 0.5) is 10.1 Å². The summed E-state index contributed by atoms with van der Waals surface area (Å²) < 4.78 is 13.1. The van der Waals surface area contributed by atoms with Gasteiger partial charge in [0, 0.05) is 30.0 Å². The summed E-state index contributed by atoms with van der Waals surface area (Å²) in [4.78, 5) is 3.48. The number of alkyl halides is 1. The zero-order valence-corrected chi connectivity index (χ0v) is 11.8. The Balaban J connectivity index is 2.06. The lowest BCUT2D eigenvalue weighted by molar-refractivity contribution is 0.626. The number of likely N-dealkylation sites (N-methyl/N-ethyl adjacent to an activating group) is 1. The van der Waals surface area contributed by atoms with Crippen molar-refractivity contribution < 1.29 is 4.39 Å². The number of benzene rings is 1. The third kappa shape index (κ3) is 3.24. The van der Waals surface area contributed by atoms with Crippen molar-refractivity contribution in [3.63, 3.8) is 0 Å². The van der Waals surface area contributed by atoms with E-state index in [-0.39, 0.29) is 5.82 Å². The average Bonchev–Trinajstić information content (AvgIpc) is 2.88. The maximum Gasteiger partial charge on any atom is 0.123 e. The van der Waals surface area contributed by atoms with Crippen LogP contribution in [0.3, 0.4) is 0 Å². The zero-order chi connectivity index (χ0) is 13.0. The summed E-state index contributed by atoms with van der Waals surface area (Å²) in [5.74, 6) is 0.0947. The fourth-order valence-electron chi connectivity index (χ4n) is 1.89. The highest BCUT2D eigenvalue weighted by molar-refractivity contribution is 7.09. The maximum atomic E-state index is 13.1. The molecule has 0 unspecified atom stereocenters. The van der Waals surface area contributed by atoms with E-state index >= 15 is 0 Å². The standard InChI is InChI=1S/C14H15ClFNS/c1-17(7-6-13-3-2-8-18-13)14-5-4-12(16)9-11(14)10-15/h2-5,8-9H,6-7,10H2,1H3. The normalized spacial score (nSPS) is 10.6. The minimum atomic E-state index is -0.235. The topological polar surface area (TPSA) is 3.24 Å². The van der Waals surface area contributed by atoms with Crippen LogP contribution in [-0.4, -0.2) is 13.6 Å². The molecule has 0 aliphatic carbocycles. The fourth-order valence-corrected chi connectivity index (χ4v) is 2.80. The molecule has 4 heteroatoms. The van der Waals surface area contributed by atoms with E-state index in [1.54, 1.807) is 17.4 Å². The molecule has 0 aliphatic rings. The van der Waals surface area contributed by atoms with Gasteiger partial charge in [0.05, 0.1) is 0 Å². The van der Waals surface area contributed by atoms with E-state index in [0.29, 0.717) is 5.88 Å². The van der Waals surface area contributed by atoms with E-state index in [4.69, 9.17) is 11.6 Å². The van der Waals surface area contributed by atoms with Gasteiger partial charge >= 0.3 is 0 Å². The second-order valence-electron chi connectivity index (χ2n) is 4.16. The maximum absolute atomic E-state index is 13.1. The molecule has 1 heterocycles. The van der Waals surface area contributed by atoms with Crippen LogP contribution in [0.5, 0.6) is 0 Å². The molecule has 2 rings (SSSR count). The summed E-state index contributed by atoms with van der Waals surface area (Å²) in [5.41, 5.74) is 1.84. The van der Waals surface area contributed by atoms with Crippen LogP contribution in [0.1, 0.15) is 10.4 Å². The molecule has 0 fully saturated rings. The van der Waals surface area contributed by atoms with Crippen LogP contribution in [-0.2, 0) is 12.3 Å². The third-order valence-electron chi connectivity index (χ3n) is 2.87. The summed E-state index contributed by atoms with van der Waals surface area (Å²) in [6.07, 6.45) is 0.993. The summed E-state index contributed by atoms with van der Waals surface area (Å²) in [7, 11) is 2.01. The second kappa shape index (κ2) is 6.21. The number of thiophene rings is 1. The van der Waals surface area contributed by atoms with Gasteiger partial charge in [-0.25, -0.2) is 4.39 Å². The lowest BCUT2D eigenvalue weighted by Crippen LogP contribution is -2.21. The molecule has 1 aromatic heterocycles. The van der Waals surface area contributed by atoms with Crippen LogP contribution in [0.25, 0.3) is 0 Å². The molecule has 0 saturated carbocycles. The van der Waals surface area contributed by atoms with Crippen LogP contribution < -0.4 is 4.90 Å². The van der Waals surface area contributed by atoms with E-state index in [1.165, 1.54) is 17.0 Å². The first kappa shape index (κ1) is 13.4. The van der Waals surface area contributed by atoms with Gasteiger partial charge in [-0.2, -0.15) is 0 Å².